The summed E-state index contributed by atoms with van der Waals surface area (Å²) >= 11 is 0. The fourth-order valence-corrected chi connectivity index (χ4v) is 4.61. The van der Waals surface area contributed by atoms with E-state index in [9.17, 15) is 4.39 Å². The van der Waals surface area contributed by atoms with Crippen molar-refractivity contribution in [3.05, 3.63) is 71.4 Å². The van der Waals surface area contributed by atoms with Crippen molar-refractivity contribution in [1.82, 2.24) is 0 Å². The highest BCUT2D eigenvalue weighted by molar-refractivity contribution is 5.45. The van der Waals surface area contributed by atoms with E-state index in [4.69, 9.17) is 0 Å². The number of benzene rings is 1. The molecular weight excluding hydrogens is 398 g/mol. The van der Waals surface area contributed by atoms with Gasteiger partial charge < -0.3 is 0 Å². The van der Waals surface area contributed by atoms with Crippen molar-refractivity contribution in [2.24, 2.45) is 0 Å². The van der Waals surface area contributed by atoms with E-state index in [0.717, 1.165) is 37.7 Å². The van der Waals surface area contributed by atoms with Crippen molar-refractivity contribution >= 4 is 0 Å². The van der Waals surface area contributed by atoms with Gasteiger partial charge in [0.25, 0.3) is 0 Å². The van der Waals surface area contributed by atoms with Crippen LogP contribution in [0.1, 0.15) is 115 Å². The van der Waals surface area contributed by atoms with Crippen molar-refractivity contribution in [2.75, 3.05) is 0 Å². The molecule has 1 unspecified atom stereocenters. The van der Waals surface area contributed by atoms with Gasteiger partial charge in [-0.2, -0.15) is 0 Å². The molecule has 0 aliphatic heterocycles. The summed E-state index contributed by atoms with van der Waals surface area (Å²) in [6.07, 6.45) is 23.5. The second kappa shape index (κ2) is 15.2. The van der Waals surface area contributed by atoms with Crippen molar-refractivity contribution in [1.29, 1.82) is 0 Å². The summed E-state index contributed by atoms with van der Waals surface area (Å²) in [5.74, 6) is -1.18. The van der Waals surface area contributed by atoms with E-state index in [1.165, 1.54) is 50.5 Å². The van der Waals surface area contributed by atoms with E-state index in [2.05, 4.69) is 26.0 Å². The third-order valence-corrected chi connectivity index (χ3v) is 6.74. The van der Waals surface area contributed by atoms with Gasteiger partial charge in [0.05, 0.1) is 5.41 Å². The molecule has 0 aromatic heterocycles. The molecule has 0 nitrogen and oxygen atoms in total. The summed E-state index contributed by atoms with van der Waals surface area (Å²) < 4.78 is 30.4. The summed E-state index contributed by atoms with van der Waals surface area (Å²) in [6, 6.07) is 8.23. The zero-order chi connectivity index (χ0) is 23.1. The van der Waals surface area contributed by atoms with Crippen LogP contribution < -0.4 is 0 Å². The van der Waals surface area contributed by atoms with Crippen LogP contribution >= 0.6 is 0 Å². The van der Waals surface area contributed by atoms with Gasteiger partial charge in [-0.05, 0) is 36.8 Å². The van der Waals surface area contributed by atoms with Gasteiger partial charge in [0.15, 0.2) is 0 Å². The van der Waals surface area contributed by atoms with Crippen LogP contribution in [-0.4, -0.2) is 0 Å². The molecule has 1 aromatic carbocycles. The Balaban J connectivity index is 1.98. The normalized spacial score (nSPS) is 18.8. The molecule has 1 atom stereocenters. The van der Waals surface area contributed by atoms with Gasteiger partial charge >= 0.3 is 0 Å². The lowest BCUT2D eigenvalue weighted by Crippen LogP contribution is -2.26. The lowest BCUT2D eigenvalue weighted by Gasteiger charge is -2.31. The molecule has 2 heteroatoms. The Morgan fingerprint density at radius 2 is 1.34 bits per heavy atom. The molecule has 0 heterocycles. The molecule has 1 aliphatic carbocycles. The van der Waals surface area contributed by atoms with Gasteiger partial charge in [-0.25, -0.2) is 8.78 Å². The van der Waals surface area contributed by atoms with Gasteiger partial charge in [-0.1, -0.05) is 127 Å². The number of hydrogen-bond acceptors (Lipinski definition) is 0. The zero-order valence-corrected chi connectivity index (χ0v) is 20.5. The van der Waals surface area contributed by atoms with Crippen molar-refractivity contribution < 1.29 is 8.78 Å². The highest BCUT2D eigenvalue weighted by Crippen LogP contribution is 2.43. The van der Waals surface area contributed by atoms with Crippen molar-refractivity contribution in [3.8, 4) is 0 Å². The van der Waals surface area contributed by atoms with Crippen LogP contribution in [0.3, 0.4) is 0 Å². The Morgan fingerprint density at radius 1 is 0.750 bits per heavy atom. The second-order valence-electron chi connectivity index (χ2n) is 9.41. The topological polar surface area (TPSA) is 0 Å². The van der Waals surface area contributed by atoms with Gasteiger partial charge in [-0.15, -0.1) is 0 Å². The van der Waals surface area contributed by atoms with Gasteiger partial charge in [0.2, 0.25) is 0 Å². The lowest BCUT2D eigenvalue weighted by molar-refractivity contribution is 0.407. The van der Waals surface area contributed by atoms with Crippen LogP contribution in [0.2, 0.25) is 0 Å². The summed E-state index contributed by atoms with van der Waals surface area (Å²) in [5, 5.41) is 0. The fraction of sp³-hybridized carbons (Fsp3) is 0.600. The maximum absolute atomic E-state index is 15.5. The molecule has 0 saturated heterocycles. The molecule has 0 amide bonds. The fourth-order valence-electron chi connectivity index (χ4n) is 4.61. The van der Waals surface area contributed by atoms with Crippen LogP contribution in [0.15, 0.2) is 60.2 Å². The largest absolute Gasteiger partial charge is 0.209 e. The number of rotatable bonds is 16. The summed E-state index contributed by atoms with van der Waals surface area (Å²) in [7, 11) is 0. The van der Waals surface area contributed by atoms with Crippen LogP contribution in [-0.2, 0) is 11.8 Å². The molecular formula is C30H44F2. The third-order valence-electron chi connectivity index (χ3n) is 6.74. The van der Waals surface area contributed by atoms with Gasteiger partial charge in [-0.3, -0.25) is 0 Å². The first-order chi connectivity index (χ1) is 15.6. The SMILES string of the molecule is CCCCCCCCCc1ccc(C2(/C(F)=C(\F)CCCCCCC)C=CC=CC2)cc1. The Kier molecular flexibility index (Phi) is 12.6. The van der Waals surface area contributed by atoms with Gasteiger partial charge in [0, 0.05) is 6.42 Å². The highest BCUT2D eigenvalue weighted by atomic mass is 19.2. The maximum atomic E-state index is 15.5. The third kappa shape index (κ3) is 8.34. The Hall–Kier alpha value is -1.70. The van der Waals surface area contributed by atoms with Crippen LogP contribution in [0, 0.1) is 0 Å². The second-order valence-corrected chi connectivity index (χ2v) is 9.41. The van der Waals surface area contributed by atoms with Crippen molar-refractivity contribution in [3.63, 3.8) is 0 Å². The predicted molar refractivity (Wildman–Crippen MR) is 135 cm³/mol. The number of allylic oxidation sites excluding steroid dienone is 6. The predicted octanol–water partition coefficient (Wildman–Crippen LogP) is 10.2. The first-order valence-corrected chi connectivity index (χ1v) is 13.1. The van der Waals surface area contributed by atoms with Crippen LogP contribution in [0.4, 0.5) is 8.78 Å². The minimum Gasteiger partial charge on any atom is -0.209 e. The minimum atomic E-state index is -1.000. The molecule has 32 heavy (non-hydrogen) atoms. The van der Waals surface area contributed by atoms with Crippen LogP contribution in [0.25, 0.3) is 0 Å². The van der Waals surface area contributed by atoms with E-state index in [1.807, 2.05) is 36.4 Å². The van der Waals surface area contributed by atoms with E-state index in [0.29, 0.717) is 12.8 Å². The van der Waals surface area contributed by atoms with E-state index in [-0.39, 0.29) is 6.42 Å². The van der Waals surface area contributed by atoms with Gasteiger partial charge in [0.1, 0.15) is 11.7 Å². The zero-order valence-electron chi connectivity index (χ0n) is 20.5. The standard InChI is InChI=1S/C30H44F2/c1-3-5-7-9-10-12-14-18-26-20-22-27(23-21-26)30(24-16-13-17-25-30)29(32)28(31)19-15-11-8-6-4-2/h13,16-17,20-24H,3-12,14-15,18-19,25H2,1-2H3/b29-28+. The quantitative estimate of drug-likeness (QED) is 0.223. The number of halogens is 2. The molecule has 0 radical (unpaired) electrons. The maximum Gasteiger partial charge on any atom is 0.146 e. The molecule has 2 rings (SSSR count). The summed E-state index contributed by atoms with van der Waals surface area (Å²) in [4.78, 5) is 0. The molecule has 0 fully saturated rings. The highest BCUT2D eigenvalue weighted by Gasteiger charge is 2.37. The first-order valence-electron chi connectivity index (χ1n) is 13.1. The molecule has 0 spiro atoms. The number of aryl methyl sites for hydroxylation is 1. The van der Waals surface area contributed by atoms with E-state index >= 15 is 4.39 Å². The number of hydrogen-bond donors (Lipinski definition) is 0. The van der Waals surface area contributed by atoms with E-state index < -0.39 is 17.1 Å². The van der Waals surface area contributed by atoms with Crippen LogP contribution in [0.5, 0.6) is 0 Å². The average molecular weight is 443 g/mol. The minimum absolute atomic E-state index is 0.200. The molecule has 178 valence electrons. The summed E-state index contributed by atoms with van der Waals surface area (Å²) in [6.45, 7) is 4.41. The number of unbranched alkanes of at least 4 members (excludes halogenated alkanes) is 10. The Bertz CT molecular complexity index is 726. The van der Waals surface area contributed by atoms with E-state index in [1.54, 1.807) is 0 Å². The first kappa shape index (κ1) is 26.6. The molecule has 1 aromatic rings. The molecule has 0 saturated carbocycles. The Morgan fingerprint density at radius 3 is 1.94 bits per heavy atom. The molecule has 0 N–H and O–H groups in total. The Labute approximate surface area is 195 Å². The summed E-state index contributed by atoms with van der Waals surface area (Å²) in [5.41, 5.74) is 1.13. The van der Waals surface area contributed by atoms with Crippen molar-refractivity contribution in [2.45, 2.75) is 116 Å². The average Bonchev–Trinajstić information content (AvgIpc) is 2.83. The molecule has 0 bridgehead atoms. The monoisotopic (exact) mass is 442 g/mol. The lowest BCUT2D eigenvalue weighted by atomic mass is 9.73. The smallest absolute Gasteiger partial charge is 0.146 e. The molecule has 1 aliphatic rings.